The van der Waals surface area contributed by atoms with Gasteiger partial charge in [-0.05, 0) is 33.7 Å². The number of carbonyl (C=O) groups excluding carboxylic acids is 1. The lowest BCUT2D eigenvalue weighted by Gasteiger charge is -2.34. The second-order valence-corrected chi connectivity index (χ2v) is 4.35. The number of nitrogens with zero attached hydrogens (tertiary/aromatic N) is 1. The van der Waals surface area contributed by atoms with Crippen LogP contribution in [-0.2, 0) is 4.79 Å². The Morgan fingerprint density at radius 2 is 2.21 bits per heavy atom. The molecule has 14 heavy (non-hydrogen) atoms. The molecule has 0 aromatic rings. The first-order chi connectivity index (χ1) is 6.45. The van der Waals surface area contributed by atoms with Crippen molar-refractivity contribution >= 4 is 5.91 Å². The molecule has 1 saturated heterocycles. The molecule has 3 nitrogen and oxygen atoms in total. The van der Waals surface area contributed by atoms with Crippen LogP contribution in [0.25, 0.3) is 0 Å². The van der Waals surface area contributed by atoms with E-state index in [9.17, 15) is 9.18 Å². The number of rotatable bonds is 2. The van der Waals surface area contributed by atoms with E-state index < -0.39 is 11.6 Å². The zero-order chi connectivity index (χ0) is 10.8. The van der Waals surface area contributed by atoms with Gasteiger partial charge in [0, 0.05) is 19.1 Å². The molecule has 1 aliphatic heterocycles. The van der Waals surface area contributed by atoms with Gasteiger partial charge in [-0.3, -0.25) is 4.79 Å². The quantitative estimate of drug-likeness (QED) is 0.723. The Hall–Kier alpha value is -0.640. The van der Waals surface area contributed by atoms with Crippen LogP contribution in [0.3, 0.4) is 0 Å². The summed E-state index contributed by atoms with van der Waals surface area (Å²) in [6.45, 7) is 3.95. The van der Waals surface area contributed by atoms with E-state index in [2.05, 4.69) is 5.32 Å². The van der Waals surface area contributed by atoms with E-state index in [4.69, 9.17) is 0 Å². The molecule has 0 saturated carbocycles. The fraction of sp³-hybridized carbons (Fsp3) is 0.900. The van der Waals surface area contributed by atoms with Crippen molar-refractivity contribution in [1.29, 1.82) is 0 Å². The van der Waals surface area contributed by atoms with E-state index in [1.54, 1.807) is 4.90 Å². The summed E-state index contributed by atoms with van der Waals surface area (Å²) in [7, 11) is 1.87. The van der Waals surface area contributed by atoms with Gasteiger partial charge < -0.3 is 10.2 Å². The number of piperidine rings is 1. The Morgan fingerprint density at radius 1 is 1.57 bits per heavy atom. The van der Waals surface area contributed by atoms with Gasteiger partial charge in [0.25, 0.3) is 5.91 Å². The van der Waals surface area contributed by atoms with Crippen LogP contribution in [0.15, 0.2) is 0 Å². The Balaban J connectivity index is 2.56. The molecule has 0 spiro atoms. The van der Waals surface area contributed by atoms with Crippen LogP contribution in [0.4, 0.5) is 4.39 Å². The molecule has 1 heterocycles. The molecule has 0 aromatic carbocycles. The molecule has 0 aliphatic carbocycles. The van der Waals surface area contributed by atoms with Crippen molar-refractivity contribution in [3.8, 4) is 0 Å². The van der Waals surface area contributed by atoms with Crippen molar-refractivity contribution in [2.45, 2.75) is 38.4 Å². The normalized spacial score (nSPS) is 23.7. The highest BCUT2D eigenvalue weighted by Gasteiger charge is 2.33. The lowest BCUT2D eigenvalue weighted by molar-refractivity contribution is -0.143. The third kappa shape index (κ3) is 2.67. The summed E-state index contributed by atoms with van der Waals surface area (Å²) < 4.78 is 13.4. The number of carbonyl (C=O) groups is 1. The second-order valence-electron chi connectivity index (χ2n) is 4.35. The van der Waals surface area contributed by atoms with E-state index in [-0.39, 0.29) is 0 Å². The van der Waals surface area contributed by atoms with Gasteiger partial charge in [0.1, 0.15) is 0 Å². The van der Waals surface area contributed by atoms with E-state index in [1.807, 2.05) is 7.05 Å². The van der Waals surface area contributed by atoms with Gasteiger partial charge >= 0.3 is 0 Å². The summed E-state index contributed by atoms with van der Waals surface area (Å²) >= 11 is 0. The minimum atomic E-state index is -1.74. The van der Waals surface area contributed by atoms with Crippen LogP contribution in [0, 0.1) is 0 Å². The smallest absolute Gasteiger partial charge is 0.259 e. The summed E-state index contributed by atoms with van der Waals surface area (Å²) in [5, 5.41) is 3.12. The molecule has 0 radical (unpaired) electrons. The van der Waals surface area contributed by atoms with Crippen molar-refractivity contribution in [3.63, 3.8) is 0 Å². The highest BCUT2D eigenvalue weighted by atomic mass is 19.1. The fourth-order valence-electron chi connectivity index (χ4n) is 1.77. The third-order valence-electron chi connectivity index (χ3n) is 2.63. The third-order valence-corrected chi connectivity index (χ3v) is 2.63. The van der Waals surface area contributed by atoms with Crippen LogP contribution in [-0.4, -0.2) is 42.7 Å². The molecular weight excluding hydrogens is 183 g/mol. The maximum Gasteiger partial charge on any atom is 0.259 e. The molecule has 1 fully saturated rings. The van der Waals surface area contributed by atoms with Gasteiger partial charge in [-0.1, -0.05) is 0 Å². The molecule has 1 unspecified atom stereocenters. The molecule has 4 heteroatoms. The van der Waals surface area contributed by atoms with Crippen molar-refractivity contribution in [2.75, 3.05) is 20.1 Å². The molecule has 1 atom stereocenters. The Labute approximate surface area is 84.7 Å². The lowest BCUT2D eigenvalue weighted by atomic mass is 10.0. The minimum Gasteiger partial charge on any atom is -0.338 e. The molecule has 1 N–H and O–H groups in total. The number of likely N-dealkylation sites (tertiary alicyclic amines) is 1. The van der Waals surface area contributed by atoms with E-state index in [0.717, 1.165) is 12.8 Å². The second kappa shape index (κ2) is 4.26. The summed E-state index contributed by atoms with van der Waals surface area (Å²) in [6, 6.07) is 0.315. The summed E-state index contributed by atoms with van der Waals surface area (Å²) in [5.41, 5.74) is -1.74. The number of likely N-dealkylation sites (N-methyl/N-ethyl adjacent to an activating group) is 1. The summed E-state index contributed by atoms with van der Waals surface area (Å²) in [5.74, 6) is -0.391. The molecular formula is C10H19FN2O. The highest BCUT2D eigenvalue weighted by molar-refractivity contribution is 5.84. The van der Waals surface area contributed by atoms with Gasteiger partial charge in [-0.25, -0.2) is 4.39 Å². The molecule has 1 amide bonds. The van der Waals surface area contributed by atoms with Gasteiger partial charge in [0.05, 0.1) is 0 Å². The molecule has 1 aliphatic rings. The first kappa shape index (κ1) is 11.4. The van der Waals surface area contributed by atoms with Crippen LogP contribution < -0.4 is 5.32 Å². The van der Waals surface area contributed by atoms with Gasteiger partial charge in [-0.2, -0.15) is 0 Å². The lowest BCUT2D eigenvalue weighted by Crippen LogP contribution is -2.51. The van der Waals surface area contributed by atoms with Crippen molar-refractivity contribution < 1.29 is 9.18 Å². The first-order valence-electron chi connectivity index (χ1n) is 5.10. The topological polar surface area (TPSA) is 32.3 Å². The van der Waals surface area contributed by atoms with Crippen molar-refractivity contribution in [1.82, 2.24) is 10.2 Å². The standard InChI is InChI=1S/C10H19FN2O/c1-10(2,11)9(14)13-6-4-5-8(7-13)12-3/h8,12H,4-7H2,1-3H3. The minimum absolute atomic E-state index is 0.315. The monoisotopic (exact) mass is 202 g/mol. The number of alkyl halides is 1. The molecule has 1 rings (SSSR count). The number of hydrogen-bond donors (Lipinski definition) is 1. The number of nitrogens with one attached hydrogen (secondary N) is 1. The van der Waals surface area contributed by atoms with Crippen LogP contribution >= 0.6 is 0 Å². The first-order valence-corrected chi connectivity index (χ1v) is 5.10. The van der Waals surface area contributed by atoms with Gasteiger partial charge in [0.15, 0.2) is 5.67 Å². The summed E-state index contributed by atoms with van der Waals surface area (Å²) in [6.07, 6.45) is 2.01. The van der Waals surface area contributed by atoms with Gasteiger partial charge in [0.2, 0.25) is 0 Å². The predicted molar refractivity (Wildman–Crippen MR) is 53.8 cm³/mol. The molecule has 0 aromatic heterocycles. The van der Waals surface area contributed by atoms with Crippen molar-refractivity contribution in [2.24, 2.45) is 0 Å². The zero-order valence-corrected chi connectivity index (χ0v) is 9.14. The largest absolute Gasteiger partial charge is 0.338 e. The predicted octanol–water partition coefficient (Wildman–Crippen LogP) is 0.945. The summed E-state index contributed by atoms with van der Waals surface area (Å²) in [4.78, 5) is 13.2. The number of amides is 1. The van der Waals surface area contributed by atoms with E-state index in [1.165, 1.54) is 13.8 Å². The fourth-order valence-corrected chi connectivity index (χ4v) is 1.77. The van der Waals surface area contributed by atoms with E-state index >= 15 is 0 Å². The Morgan fingerprint density at radius 3 is 2.71 bits per heavy atom. The SMILES string of the molecule is CNC1CCCN(C(=O)C(C)(C)F)C1. The molecule has 0 bridgehead atoms. The van der Waals surface area contributed by atoms with E-state index in [0.29, 0.717) is 19.1 Å². The number of hydrogen-bond acceptors (Lipinski definition) is 2. The Bertz CT molecular complexity index is 213. The Kier molecular flexibility index (Phi) is 3.48. The zero-order valence-electron chi connectivity index (χ0n) is 9.14. The molecule has 82 valence electrons. The van der Waals surface area contributed by atoms with Crippen LogP contribution in [0.1, 0.15) is 26.7 Å². The maximum atomic E-state index is 13.4. The average molecular weight is 202 g/mol. The maximum absolute atomic E-state index is 13.4. The average Bonchev–Trinajstić information content (AvgIpc) is 2.15. The van der Waals surface area contributed by atoms with Crippen LogP contribution in [0.5, 0.6) is 0 Å². The highest BCUT2D eigenvalue weighted by Crippen LogP contribution is 2.17. The number of halogens is 1. The van der Waals surface area contributed by atoms with Gasteiger partial charge in [-0.15, -0.1) is 0 Å². The van der Waals surface area contributed by atoms with Crippen LogP contribution in [0.2, 0.25) is 0 Å². The van der Waals surface area contributed by atoms with Crippen molar-refractivity contribution in [3.05, 3.63) is 0 Å².